The zero-order valence-electron chi connectivity index (χ0n) is 10.9. The molecule has 17 heavy (non-hydrogen) atoms. The molecule has 7 nitrogen and oxygen atoms in total. The molecule has 0 aliphatic carbocycles. The average Bonchev–Trinajstić information content (AvgIpc) is 2.03. The van der Waals surface area contributed by atoms with Crippen molar-refractivity contribution >= 4 is 38.7 Å². The van der Waals surface area contributed by atoms with Crippen molar-refractivity contribution in [3.05, 3.63) is 0 Å². The van der Waals surface area contributed by atoms with Gasteiger partial charge in [-0.1, -0.05) is 30.9 Å². The molecule has 0 aromatic heterocycles. The number of quaternary nitrogens is 2. The van der Waals surface area contributed by atoms with E-state index in [9.17, 15) is 0 Å². The standard InChI is InChI=1S/C7H15NS2.2H3N.H2O4S/c1-4-8(5-2)7(9)10-6-3;;;1-5(2,3)4/h4-6H2,1-3H3;2*1H3;(H2,1,2,3,4). The van der Waals surface area contributed by atoms with E-state index in [2.05, 4.69) is 25.7 Å². The Balaban J connectivity index is -0.000000105. The summed E-state index contributed by atoms with van der Waals surface area (Å²) in [5.41, 5.74) is 0. The topological polar surface area (TPSA) is 156 Å². The Morgan fingerprint density at radius 3 is 1.65 bits per heavy atom. The van der Waals surface area contributed by atoms with Crippen LogP contribution < -0.4 is 12.3 Å². The highest BCUT2D eigenvalue weighted by Crippen LogP contribution is 2.07. The molecule has 10 heteroatoms. The summed E-state index contributed by atoms with van der Waals surface area (Å²) in [5.74, 6) is 1.08. The van der Waals surface area contributed by atoms with Crippen molar-refractivity contribution < 1.29 is 17.5 Å². The number of thiocarbonyl (C=S) groups is 1. The summed E-state index contributed by atoms with van der Waals surface area (Å²) in [4.78, 5) is 2.20. The summed E-state index contributed by atoms with van der Waals surface area (Å²) < 4.78 is 35.1. The Hall–Kier alpha value is 0.0300. The molecule has 0 saturated carbocycles. The van der Waals surface area contributed by atoms with Crippen LogP contribution in [0, 0.1) is 0 Å². The SMILES string of the molecule is CCSC(=S)N(CC)CC.O=S(=O)([O-])[O-].[NH4+].[NH4+]. The number of thioether (sulfide) groups is 1. The predicted octanol–water partition coefficient (Wildman–Crippen LogP) is 1.78. The van der Waals surface area contributed by atoms with E-state index in [4.69, 9.17) is 29.7 Å². The summed E-state index contributed by atoms with van der Waals surface area (Å²) in [6.45, 7) is 8.45. The minimum Gasteiger partial charge on any atom is -0.759 e. The predicted molar refractivity (Wildman–Crippen MR) is 76.1 cm³/mol. The Labute approximate surface area is 113 Å². The first kappa shape index (κ1) is 25.8. The third kappa shape index (κ3) is 25.9. The molecular formula is C7H23N3O4S3. The largest absolute Gasteiger partial charge is 0.759 e. The monoisotopic (exact) mass is 309 g/mol. The van der Waals surface area contributed by atoms with E-state index in [0.717, 1.165) is 23.2 Å². The lowest BCUT2D eigenvalue weighted by molar-refractivity contribution is 0.352. The van der Waals surface area contributed by atoms with Gasteiger partial charge in [0.05, 0.1) is 0 Å². The fraction of sp³-hybridized carbons (Fsp3) is 0.857. The molecule has 0 spiro atoms. The number of rotatable bonds is 3. The van der Waals surface area contributed by atoms with Gasteiger partial charge in [0.25, 0.3) is 0 Å². The average molecular weight is 309 g/mol. The molecule has 108 valence electrons. The van der Waals surface area contributed by atoms with Crippen LogP contribution in [-0.2, 0) is 10.4 Å². The summed E-state index contributed by atoms with van der Waals surface area (Å²) in [6, 6.07) is 0. The number of hydrogen-bond acceptors (Lipinski definition) is 6. The van der Waals surface area contributed by atoms with Crippen molar-refractivity contribution in [2.24, 2.45) is 0 Å². The van der Waals surface area contributed by atoms with Gasteiger partial charge in [0.1, 0.15) is 4.32 Å². The second kappa shape index (κ2) is 14.1. The first-order chi connectivity index (χ1) is 6.76. The van der Waals surface area contributed by atoms with Gasteiger partial charge in [-0.25, -0.2) is 0 Å². The van der Waals surface area contributed by atoms with Crippen LogP contribution in [0.4, 0.5) is 0 Å². The summed E-state index contributed by atoms with van der Waals surface area (Å²) in [5, 5.41) is 0. The molecule has 0 aliphatic heterocycles. The van der Waals surface area contributed by atoms with E-state index in [1.807, 2.05) is 0 Å². The van der Waals surface area contributed by atoms with Crippen molar-refractivity contribution in [3.8, 4) is 0 Å². The highest BCUT2D eigenvalue weighted by Gasteiger charge is 2.02. The van der Waals surface area contributed by atoms with E-state index in [0.29, 0.717) is 0 Å². The molecular weight excluding hydrogens is 286 g/mol. The lowest BCUT2D eigenvalue weighted by Crippen LogP contribution is -2.26. The molecule has 8 N–H and O–H groups in total. The van der Waals surface area contributed by atoms with E-state index >= 15 is 0 Å². The fourth-order valence-corrected chi connectivity index (χ4v) is 2.00. The molecule has 0 atom stereocenters. The minimum atomic E-state index is -5.17. The quantitative estimate of drug-likeness (QED) is 0.457. The Morgan fingerprint density at radius 2 is 1.47 bits per heavy atom. The summed E-state index contributed by atoms with van der Waals surface area (Å²) >= 11 is 6.91. The van der Waals surface area contributed by atoms with E-state index < -0.39 is 10.4 Å². The van der Waals surface area contributed by atoms with Crippen molar-refractivity contribution in [2.45, 2.75) is 20.8 Å². The van der Waals surface area contributed by atoms with E-state index in [1.54, 1.807) is 11.8 Å². The molecule has 0 unspecified atom stereocenters. The first-order valence-electron chi connectivity index (χ1n) is 4.34. The van der Waals surface area contributed by atoms with Crippen molar-refractivity contribution in [1.82, 2.24) is 17.2 Å². The van der Waals surface area contributed by atoms with Crippen LogP contribution in [0.25, 0.3) is 0 Å². The third-order valence-electron chi connectivity index (χ3n) is 1.29. The molecule has 0 heterocycles. The maximum absolute atomic E-state index is 8.52. The van der Waals surface area contributed by atoms with Gasteiger partial charge in [-0.05, 0) is 19.6 Å². The second-order valence-corrected chi connectivity index (χ2v) is 4.99. The molecule has 0 aromatic carbocycles. The highest BCUT2D eigenvalue weighted by atomic mass is 32.3. The molecule has 0 aromatic rings. The Morgan fingerprint density at radius 1 is 1.18 bits per heavy atom. The molecule has 0 fully saturated rings. The van der Waals surface area contributed by atoms with Gasteiger partial charge < -0.3 is 26.3 Å². The summed E-state index contributed by atoms with van der Waals surface area (Å²) in [7, 11) is -5.17. The highest BCUT2D eigenvalue weighted by molar-refractivity contribution is 8.22. The first-order valence-corrected chi connectivity index (χ1v) is 7.07. The number of nitrogens with zero attached hydrogens (tertiary/aromatic N) is 1. The van der Waals surface area contributed by atoms with Crippen LogP contribution in [0.2, 0.25) is 0 Å². The van der Waals surface area contributed by atoms with E-state index in [-0.39, 0.29) is 12.3 Å². The normalized spacial score (nSPS) is 9.00. The maximum Gasteiger partial charge on any atom is 0.136 e. The van der Waals surface area contributed by atoms with Crippen molar-refractivity contribution in [2.75, 3.05) is 18.8 Å². The van der Waals surface area contributed by atoms with Crippen molar-refractivity contribution in [3.63, 3.8) is 0 Å². The van der Waals surface area contributed by atoms with Gasteiger partial charge in [-0.3, -0.25) is 8.42 Å². The smallest absolute Gasteiger partial charge is 0.136 e. The molecule has 0 rings (SSSR count). The zero-order chi connectivity index (χ0) is 12.5. The lowest BCUT2D eigenvalue weighted by atomic mass is 10.6. The summed E-state index contributed by atoms with van der Waals surface area (Å²) in [6.07, 6.45) is 0. The van der Waals surface area contributed by atoms with Gasteiger partial charge in [0, 0.05) is 23.5 Å². The van der Waals surface area contributed by atoms with Gasteiger partial charge in [0.2, 0.25) is 0 Å². The Bertz CT molecular complexity index is 260. The molecule has 0 saturated heterocycles. The van der Waals surface area contributed by atoms with Gasteiger partial charge in [-0.2, -0.15) is 0 Å². The van der Waals surface area contributed by atoms with Crippen LogP contribution in [0.15, 0.2) is 0 Å². The number of hydrogen-bond donors (Lipinski definition) is 2. The minimum absolute atomic E-state index is 0. The van der Waals surface area contributed by atoms with Gasteiger partial charge in [0.15, 0.2) is 0 Å². The fourth-order valence-electron chi connectivity index (χ4n) is 0.697. The van der Waals surface area contributed by atoms with Crippen LogP contribution in [-0.4, -0.2) is 45.6 Å². The van der Waals surface area contributed by atoms with Crippen molar-refractivity contribution in [1.29, 1.82) is 0 Å². The third-order valence-corrected chi connectivity index (χ3v) is 2.70. The van der Waals surface area contributed by atoms with Gasteiger partial charge in [-0.15, -0.1) is 0 Å². The molecule has 0 amide bonds. The van der Waals surface area contributed by atoms with Crippen LogP contribution >= 0.6 is 24.0 Å². The molecule has 0 bridgehead atoms. The van der Waals surface area contributed by atoms with E-state index in [1.165, 1.54) is 0 Å². The molecule has 0 radical (unpaired) electrons. The van der Waals surface area contributed by atoms with Crippen LogP contribution in [0.3, 0.4) is 0 Å². The maximum atomic E-state index is 8.52. The second-order valence-electron chi connectivity index (χ2n) is 2.28. The van der Waals surface area contributed by atoms with Crippen LogP contribution in [0.1, 0.15) is 20.8 Å². The van der Waals surface area contributed by atoms with Crippen LogP contribution in [0.5, 0.6) is 0 Å². The lowest BCUT2D eigenvalue weighted by Gasteiger charge is -2.20. The Kier molecular flexibility index (Phi) is 21.4. The zero-order valence-corrected chi connectivity index (χ0v) is 13.4. The molecule has 0 aliphatic rings. The van der Waals surface area contributed by atoms with Gasteiger partial charge >= 0.3 is 0 Å².